The normalized spacial score (nSPS) is 15.5. The van der Waals surface area contributed by atoms with Gasteiger partial charge in [0, 0.05) is 0 Å². The first-order valence-corrected chi connectivity index (χ1v) is 13.6. The monoisotopic (exact) mass is 588 g/mol. The number of urea groups is 2. The van der Waals surface area contributed by atoms with Crippen molar-refractivity contribution >= 4 is 36.0 Å². The van der Waals surface area contributed by atoms with Gasteiger partial charge in [0.1, 0.15) is 36.1 Å². The van der Waals surface area contributed by atoms with E-state index < -0.39 is 23.9 Å². The molecule has 6 rings (SSSR count). The van der Waals surface area contributed by atoms with Gasteiger partial charge in [-0.1, -0.05) is 84.9 Å². The number of amides is 6. The van der Waals surface area contributed by atoms with Crippen LogP contribution < -0.4 is 30.7 Å². The van der Waals surface area contributed by atoms with E-state index in [1.54, 1.807) is 12.2 Å². The van der Waals surface area contributed by atoms with Crippen LogP contribution in [0.4, 0.5) is 9.59 Å². The number of nitrogens with one attached hydrogen (secondary N) is 4. The highest BCUT2D eigenvalue weighted by molar-refractivity contribution is 6.14. The van der Waals surface area contributed by atoms with Crippen LogP contribution in [-0.2, 0) is 22.8 Å². The van der Waals surface area contributed by atoms with E-state index in [0.717, 1.165) is 22.3 Å². The first kappa shape index (κ1) is 29.3. The van der Waals surface area contributed by atoms with Crippen LogP contribution in [0.25, 0.3) is 12.2 Å². The minimum atomic E-state index is -0.507. The van der Waals surface area contributed by atoms with Crippen molar-refractivity contribution < 1.29 is 28.7 Å². The van der Waals surface area contributed by atoms with Crippen molar-refractivity contribution in [2.75, 3.05) is 0 Å². The molecule has 2 heterocycles. The van der Waals surface area contributed by atoms with Crippen LogP contribution in [-0.4, -0.2) is 23.9 Å². The molecule has 4 aromatic rings. The molecule has 0 spiro atoms. The number of carbonyl (C=O) groups is 4. The zero-order valence-electron chi connectivity index (χ0n) is 23.4. The maximum absolute atomic E-state index is 11.5. The van der Waals surface area contributed by atoms with Crippen molar-refractivity contribution in [2.45, 2.75) is 13.2 Å². The van der Waals surface area contributed by atoms with Crippen LogP contribution in [0, 0.1) is 0 Å². The average molecular weight is 589 g/mol. The van der Waals surface area contributed by atoms with E-state index in [0.29, 0.717) is 24.7 Å². The van der Waals surface area contributed by atoms with Crippen LogP contribution in [0.3, 0.4) is 0 Å². The van der Waals surface area contributed by atoms with Crippen molar-refractivity contribution in [2.24, 2.45) is 0 Å². The quantitative estimate of drug-likeness (QED) is 0.171. The standard InChI is InChI=1S/2C17H14N2O3/c2*20-16-15(18-17(21)19-16)10-13-7-4-8-14(9-13)22-11-12-5-2-1-3-6-12/h2*1-10H,11H2,(H2,18,19,20,21)/b2*15-10-. The van der Waals surface area contributed by atoms with Crippen molar-refractivity contribution in [3.63, 3.8) is 0 Å². The minimum absolute atomic E-state index is 0.227. The Morgan fingerprint density at radius 1 is 0.477 bits per heavy atom. The van der Waals surface area contributed by atoms with Crippen LogP contribution in [0.5, 0.6) is 11.5 Å². The van der Waals surface area contributed by atoms with Gasteiger partial charge >= 0.3 is 12.1 Å². The van der Waals surface area contributed by atoms with Gasteiger partial charge in [0.15, 0.2) is 0 Å². The topological polar surface area (TPSA) is 135 Å². The summed E-state index contributed by atoms with van der Waals surface area (Å²) in [6.07, 6.45) is 3.21. The summed E-state index contributed by atoms with van der Waals surface area (Å²) in [5.74, 6) is 0.534. The molecule has 2 saturated heterocycles. The average Bonchev–Trinajstić information content (AvgIpc) is 3.53. The van der Waals surface area contributed by atoms with E-state index in [4.69, 9.17) is 9.47 Å². The summed E-state index contributed by atoms with van der Waals surface area (Å²) in [6.45, 7) is 0.941. The lowest BCUT2D eigenvalue weighted by molar-refractivity contribution is -0.116. The highest BCUT2D eigenvalue weighted by Gasteiger charge is 2.23. The molecule has 0 atom stereocenters. The summed E-state index contributed by atoms with van der Waals surface area (Å²) < 4.78 is 11.5. The number of carbonyl (C=O) groups excluding carboxylic acids is 4. The Morgan fingerprint density at radius 3 is 1.25 bits per heavy atom. The molecule has 10 heteroatoms. The van der Waals surface area contributed by atoms with E-state index in [9.17, 15) is 19.2 Å². The summed E-state index contributed by atoms with van der Waals surface area (Å²) in [6, 6.07) is 33.3. The predicted octanol–water partition coefficient (Wildman–Crippen LogP) is 4.89. The Hall–Kier alpha value is -6.16. The number of benzene rings is 4. The fourth-order valence-corrected chi connectivity index (χ4v) is 4.17. The highest BCUT2D eigenvalue weighted by Crippen LogP contribution is 2.19. The third-order valence-electron chi connectivity index (χ3n) is 6.27. The largest absolute Gasteiger partial charge is 0.489 e. The molecule has 0 bridgehead atoms. The van der Waals surface area contributed by atoms with Gasteiger partial charge in [-0.15, -0.1) is 0 Å². The lowest BCUT2D eigenvalue weighted by atomic mass is 10.2. The number of hydrogen-bond acceptors (Lipinski definition) is 6. The Balaban J connectivity index is 0.000000175. The molecule has 0 saturated carbocycles. The SMILES string of the molecule is O=C1NC(=O)/C(=C/c2cccc(OCc3ccccc3)c2)N1.O=C1NC(=O)/C(=C/c2cccc(OCc3ccccc3)c2)N1. The summed E-state index contributed by atoms with van der Waals surface area (Å²) in [5.41, 5.74) is 4.16. The third-order valence-corrected chi connectivity index (χ3v) is 6.27. The molecule has 6 amide bonds. The molecule has 44 heavy (non-hydrogen) atoms. The molecule has 0 aromatic heterocycles. The van der Waals surface area contributed by atoms with Gasteiger partial charge in [-0.05, 0) is 58.7 Å². The first-order chi connectivity index (χ1) is 21.4. The van der Waals surface area contributed by atoms with Gasteiger partial charge in [0.25, 0.3) is 11.8 Å². The first-order valence-electron chi connectivity index (χ1n) is 13.6. The van der Waals surface area contributed by atoms with E-state index in [-0.39, 0.29) is 11.4 Å². The van der Waals surface area contributed by atoms with E-state index >= 15 is 0 Å². The predicted molar refractivity (Wildman–Crippen MR) is 164 cm³/mol. The second-order valence-corrected chi connectivity index (χ2v) is 9.63. The molecule has 10 nitrogen and oxygen atoms in total. The van der Waals surface area contributed by atoms with Crippen molar-refractivity contribution in [3.8, 4) is 11.5 Å². The van der Waals surface area contributed by atoms with Crippen LogP contribution in [0.2, 0.25) is 0 Å². The minimum Gasteiger partial charge on any atom is -0.489 e. The maximum atomic E-state index is 11.5. The number of ether oxygens (including phenoxy) is 2. The molecule has 2 aliphatic rings. The molecule has 2 fully saturated rings. The molecular formula is C34H28N4O6. The maximum Gasteiger partial charge on any atom is 0.326 e. The van der Waals surface area contributed by atoms with Gasteiger partial charge in [0.05, 0.1) is 0 Å². The van der Waals surface area contributed by atoms with Crippen LogP contribution >= 0.6 is 0 Å². The van der Waals surface area contributed by atoms with Gasteiger partial charge < -0.3 is 20.1 Å². The number of hydrogen-bond donors (Lipinski definition) is 4. The molecule has 4 aromatic carbocycles. The van der Waals surface area contributed by atoms with E-state index in [2.05, 4.69) is 21.3 Å². The Bertz CT molecular complexity index is 1610. The highest BCUT2D eigenvalue weighted by atomic mass is 16.5. The van der Waals surface area contributed by atoms with Gasteiger partial charge in [0.2, 0.25) is 0 Å². The second kappa shape index (κ2) is 14.1. The summed E-state index contributed by atoms with van der Waals surface area (Å²) >= 11 is 0. The summed E-state index contributed by atoms with van der Waals surface area (Å²) in [5, 5.41) is 9.22. The summed E-state index contributed by atoms with van der Waals surface area (Å²) in [4.78, 5) is 45.1. The third kappa shape index (κ3) is 8.43. The Morgan fingerprint density at radius 2 is 0.886 bits per heavy atom. The molecule has 0 unspecified atom stereocenters. The molecular weight excluding hydrogens is 560 g/mol. The fraction of sp³-hybridized carbons (Fsp3) is 0.0588. The molecule has 2 aliphatic heterocycles. The van der Waals surface area contributed by atoms with Crippen LogP contribution in [0.15, 0.2) is 121 Å². The summed E-state index contributed by atoms with van der Waals surface area (Å²) in [7, 11) is 0. The Kier molecular flexibility index (Phi) is 9.43. The number of imide groups is 2. The Labute approximate surface area is 253 Å². The van der Waals surface area contributed by atoms with Crippen molar-refractivity contribution in [1.29, 1.82) is 0 Å². The molecule has 220 valence electrons. The second-order valence-electron chi connectivity index (χ2n) is 9.63. The smallest absolute Gasteiger partial charge is 0.326 e. The van der Waals surface area contributed by atoms with Crippen LogP contribution in [0.1, 0.15) is 22.3 Å². The van der Waals surface area contributed by atoms with Crippen molar-refractivity contribution in [1.82, 2.24) is 21.3 Å². The van der Waals surface area contributed by atoms with E-state index in [1.165, 1.54) is 0 Å². The lowest BCUT2D eigenvalue weighted by Crippen LogP contribution is -2.22. The van der Waals surface area contributed by atoms with Gasteiger partial charge in [-0.2, -0.15) is 0 Å². The molecule has 0 radical (unpaired) electrons. The molecule has 4 N–H and O–H groups in total. The molecule has 0 aliphatic carbocycles. The zero-order valence-corrected chi connectivity index (χ0v) is 23.4. The number of rotatable bonds is 8. The van der Waals surface area contributed by atoms with E-state index in [1.807, 2.05) is 109 Å². The lowest BCUT2D eigenvalue weighted by Gasteiger charge is -2.07. The zero-order chi connectivity index (χ0) is 30.7. The van der Waals surface area contributed by atoms with Crippen molar-refractivity contribution in [3.05, 3.63) is 143 Å². The van der Waals surface area contributed by atoms with Gasteiger partial charge in [-0.25, -0.2) is 9.59 Å². The van der Waals surface area contributed by atoms with Gasteiger partial charge in [-0.3, -0.25) is 20.2 Å². The fourth-order valence-electron chi connectivity index (χ4n) is 4.17.